The van der Waals surface area contributed by atoms with Crippen molar-refractivity contribution in [1.29, 1.82) is 0 Å². The molecule has 3 rings (SSSR count). The van der Waals surface area contributed by atoms with E-state index in [1.54, 1.807) is 0 Å². The molecule has 1 aromatic carbocycles. The highest BCUT2D eigenvalue weighted by Gasteiger charge is 2.51. The first-order valence-corrected chi connectivity index (χ1v) is 8.59. The van der Waals surface area contributed by atoms with Crippen molar-refractivity contribution in [3.63, 3.8) is 0 Å². The third kappa shape index (κ3) is 3.18. The molecule has 1 aromatic rings. The molecule has 0 aromatic heterocycles. The lowest BCUT2D eigenvalue weighted by Gasteiger charge is -2.32. The number of rotatable bonds is 3. The molecule has 120 valence electrons. The van der Waals surface area contributed by atoms with Gasteiger partial charge in [0.2, 0.25) is 0 Å². The number of hydrogen-bond acceptors (Lipinski definition) is 3. The lowest BCUT2D eigenvalue weighted by molar-refractivity contribution is 0.00578. The van der Waals surface area contributed by atoms with Crippen LogP contribution in [0.1, 0.15) is 59.8 Å². The van der Waals surface area contributed by atoms with Crippen LogP contribution in [0.3, 0.4) is 0 Å². The van der Waals surface area contributed by atoms with Gasteiger partial charge in [0.1, 0.15) is 0 Å². The Morgan fingerprint density at radius 1 is 0.909 bits per heavy atom. The molecule has 0 spiro atoms. The minimum atomic E-state index is -0.281. The van der Waals surface area contributed by atoms with Gasteiger partial charge in [0.15, 0.2) is 0 Å². The van der Waals surface area contributed by atoms with Crippen molar-refractivity contribution in [3.8, 4) is 0 Å². The van der Waals surface area contributed by atoms with Crippen LogP contribution in [-0.2, 0) is 9.31 Å². The monoisotopic (exact) mass is 301 g/mol. The molecule has 1 N–H and O–H groups in total. The average molecular weight is 301 g/mol. The van der Waals surface area contributed by atoms with E-state index < -0.39 is 0 Å². The molecule has 22 heavy (non-hydrogen) atoms. The van der Waals surface area contributed by atoms with Crippen LogP contribution in [0.2, 0.25) is 0 Å². The molecule has 1 heterocycles. The minimum absolute atomic E-state index is 0.270. The highest BCUT2D eigenvalue weighted by atomic mass is 16.7. The molecule has 1 saturated heterocycles. The standard InChI is InChI=1S/C18H28BNO2/c1-17(2)18(3,4)22-19(21-17)14-10-12-16(13-11-14)20-15-8-6-5-7-9-15/h10-13,15,20H,5-9H2,1-4H3. The number of anilines is 1. The highest BCUT2D eigenvalue weighted by Crippen LogP contribution is 2.36. The summed E-state index contributed by atoms with van der Waals surface area (Å²) in [4.78, 5) is 0. The second-order valence-corrected chi connectivity index (χ2v) is 7.69. The van der Waals surface area contributed by atoms with Gasteiger partial charge in [-0.15, -0.1) is 0 Å². The Morgan fingerprint density at radius 2 is 1.45 bits per heavy atom. The van der Waals surface area contributed by atoms with Crippen molar-refractivity contribution >= 4 is 18.3 Å². The van der Waals surface area contributed by atoms with E-state index in [0.717, 1.165) is 5.46 Å². The summed E-state index contributed by atoms with van der Waals surface area (Å²) >= 11 is 0. The van der Waals surface area contributed by atoms with Crippen molar-refractivity contribution in [1.82, 2.24) is 0 Å². The second kappa shape index (κ2) is 5.90. The molecule has 1 saturated carbocycles. The van der Waals surface area contributed by atoms with Gasteiger partial charge in [0.25, 0.3) is 0 Å². The zero-order valence-corrected chi connectivity index (χ0v) is 14.3. The summed E-state index contributed by atoms with van der Waals surface area (Å²) in [5.74, 6) is 0. The maximum Gasteiger partial charge on any atom is 0.494 e. The van der Waals surface area contributed by atoms with Gasteiger partial charge < -0.3 is 14.6 Å². The van der Waals surface area contributed by atoms with Crippen LogP contribution in [0.4, 0.5) is 5.69 Å². The van der Waals surface area contributed by atoms with Gasteiger partial charge in [-0.3, -0.25) is 0 Å². The molecular weight excluding hydrogens is 273 g/mol. The van der Waals surface area contributed by atoms with E-state index in [9.17, 15) is 0 Å². The molecule has 0 unspecified atom stereocenters. The van der Waals surface area contributed by atoms with E-state index in [4.69, 9.17) is 9.31 Å². The molecule has 2 aliphatic rings. The first-order valence-electron chi connectivity index (χ1n) is 8.59. The fraction of sp³-hybridized carbons (Fsp3) is 0.667. The highest BCUT2D eigenvalue weighted by molar-refractivity contribution is 6.62. The predicted molar refractivity (Wildman–Crippen MR) is 92.7 cm³/mol. The number of benzene rings is 1. The van der Waals surface area contributed by atoms with Crippen molar-refractivity contribution < 1.29 is 9.31 Å². The lowest BCUT2D eigenvalue weighted by atomic mass is 9.79. The Bertz CT molecular complexity index is 490. The van der Waals surface area contributed by atoms with E-state index in [0.29, 0.717) is 6.04 Å². The van der Waals surface area contributed by atoms with Crippen LogP contribution in [-0.4, -0.2) is 24.4 Å². The van der Waals surface area contributed by atoms with Crippen LogP contribution in [0, 0.1) is 0 Å². The molecule has 2 fully saturated rings. The Morgan fingerprint density at radius 3 is 2.00 bits per heavy atom. The normalized spacial score (nSPS) is 24.5. The van der Waals surface area contributed by atoms with E-state index in [-0.39, 0.29) is 18.3 Å². The molecule has 1 aliphatic carbocycles. The van der Waals surface area contributed by atoms with E-state index in [2.05, 4.69) is 57.3 Å². The molecule has 0 amide bonds. The first-order chi connectivity index (χ1) is 10.4. The largest absolute Gasteiger partial charge is 0.494 e. The summed E-state index contributed by atoms with van der Waals surface area (Å²) in [5, 5.41) is 3.65. The Labute approximate surface area is 134 Å². The first kappa shape index (κ1) is 15.9. The summed E-state index contributed by atoms with van der Waals surface area (Å²) in [6.45, 7) is 8.36. The zero-order chi connectivity index (χ0) is 15.8. The molecule has 4 heteroatoms. The van der Waals surface area contributed by atoms with Gasteiger partial charge in [-0.1, -0.05) is 31.4 Å². The third-order valence-electron chi connectivity index (χ3n) is 5.41. The summed E-state index contributed by atoms with van der Waals surface area (Å²) in [6.07, 6.45) is 6.67. The third-order valence-corrected chi connectivity index (χ3v) is 5.41. The van der Waals surface area contributed by atoms with Crippen LogP contribution >= 0.6 is 0 Å². The molecule has 0 atom stereocenters. The second-order valence-electron chi connectivity index (χ2n) is 7.69. The summed E-state index contributed by atoms with van der Waals surface area (Å²) in [5.41, 5.74) is 1.73. The summed E-state index contributed by atoms with van der Waals surface area (Å²) < 4.78 is 12.2. The Kier molecular flexibility index (Phi) is 4.26. The van der Waals surface area contributed by atoms with Gasteiger partial charge in [0, 0.05) is 11.7 Å². The summed E-state index contributed by atoms with van der Waals surface area (Å²) in [6, 6.07) is 9.17. The molecule has 0 radical (unpaired) electrons. The van der Waals surface area contributed by atoms with E-state index in [1.807, 2.05) is 0 Å². The van der Waals surface area contributed by atoms with Crippen molar-refractivity contribution in [2.75, 3.05) is 5.32 Å². The van der Waals surface area contributed by atoms with Crippen molar-refractivity contribution in [2.45, 2.75) is 77.0 Å². The Hall–Kier alpha value is -0.995. The lowest BCUT2D eigenvalue weighted by Crippen LogP contribution is -2.41. The number of hydrogen-bond donors (Lipinski definition) is 1. The predicted octanol–water partition coefficient (Wildman–Crippen LogP) is 3.73. The van der Waals surface area contributed by atoms with Crippen molar-refractivity contribution in [3.05, 3.63) is 24.3 Å². The summed E-state index contributed by atoms with van der Waals surface area (Å²) in [7, 11) is -0.270. The van der Waals surface area contributed by atoms with E-state index >= 15 is 0 Å². The van der Waals surface area contributed by atoms with Gasteiger partial charge in [-0.2, -0.15) is 0 Å². The molecular formula is C18H28BNO2. The van der Waals surface area contributed by atoms with Crippen LogP contribution in [0.15, 0.2) is 24.3 Å². The van der Waals surface area contributed by atoms with Crippen molar-refractivity contribution in [2.24, 2.45) is 0 Å². The van der Waals surface area contributed by atoms with Gasteiger partial charge in [-0.25, -0.2) is 0 Å². The van der Waals surface area contributed by atoms with E-state index in [1.165, 1.54) is 37.8 Å². The van der Waals surface area contributed by atoms with Gasteiger partial charge >= 0.3 is 7.12 Å². The fourth-order valence-corrected chi connectivity index (χ4v) is 3.20. The minimum Gasteiger partial charge on any atom is -0.399 e. The fourth-order valence-electron chi connectivity index (χ4n) is 3.20. The van der Waals surface area contributed by atoms with Crippen LogP contribution < -0.4 is 10.8 Å². The topological polar surface area (TPSA) is 30.5 Å². The molecule has 1 aliphatic heterocycles. The maximum atomic E-state index is 6.10. The van der Waals surface area contributed by atoms with Crippen LogP contribution in [0.5, 0.6) is 0 Å². The SMILES string of the molecule is CC1(C)OB(c2ccc(NC3CCCCC3)cc2)OC1(C)C. The van der Waals surface area contributed by atoms with Gasteiger partial charge in [0.05, 0.1) is 11.2 Å². The smallest absolute Gasteiger partial charge is 0.399 e. The maximum absolute atomic E-state index is 6.10. The Balaban J connectivity index is 1.65. The van der Waals surface area contributed by atoms with Crippen LogP contribution in [0.25, 0.3) is 0 Å². The average Bonchev–Trinajstić information content (AvgIpc) is 2.69. The molecule has 3 nitrogen and oxygen atoms in total. The zero-order valence-electron chi connectivity index (χ0n) is 14.3. The number of nitrogens with one attached hydrogen (secondary N) is 1. The molecule has 0 bridgehead atoms. The van der Waals surface area contributed by atoms with Gasteiger partial charge in [-0.05, 0) is 58.1 Å². The quantitative estimate of drug-likeness (QED) is 0.863.